The Hall–Kier alpha value is -0.570. The molecule has 1 amide bonds. The van der Waals surface area contributed by atoms with E-state index in [0.717, 1.165) is 19.5 Å². The second-order valence-electron chi connectivity index (χ2n) is 4.17. The van der Waals surface area contributed by atoms with Crippen LogP contribution in [0.3, 0.4) is 0 Å². The third-order valence-electron chi connectivity index (χ3n) is 2.24. The van der Waals surface area contributed by atoms with E-state index in [1.165, 1.54) is 0 Å². The predicted octanol–water partition coefficient (Wildman–Crippen LogP) is 1.42. The smallest absolute Gasteiger partial charge is 0.222 e. The summed E-state index contributed by atoms with van der Waals surface area (Å²) in [4.78, 5) is 13.5. The van der Waals surface area contributed by atoms with Gasteiger partial charge in [-0.2, -0.15) is 0 Å². The van der Waals surface area contributed by atoms with E-state index in [1.807, 2.05) is 25.7 Å². The van der Waals surface area contributed by atoms with Crippen molar-refractivity contribution in [3.8, 4) is 0 Å². The van der Waals surface area contributed by atoms with Crippen LogP contribution in [-0.2, 0) is 9.53 Å². The second kappa shape index (κ2) is 4.09. The Morgan fingerprint density at radius 3 is 2.77 bits per heavy atom. The maximum Gasteiger partial charge on any atom is 0.222 e. The van der Waals surface area contributed by atoms with Crippen LogP contribution in [0.2, 0.25) is 0 Å². The van der Waals surface area contributed by atoms with Gasteiger partial charge in [0.25, 0.3) is 0 Å². The number of morpholine rings is 1. The summed E-state index contributed by atoms with van der Waals surface area (Å²) in [5, 5.41) is 0. The van der Waals surface area contributed by atoms with E-state index in [4.69, 9.17) is 4.74 Å². The van der Waals surface area contributed by atoms with Gasteiger partial charge in [0.05, 0.1) is 12.2 Å². The van der Waals surface area contributed by atoms with Crippen molar-refractivity contribution in [2.75, 3.05) is 19.7 Å². The van der Waals surface area contributed by atoms with Gasteiger partial charge in [-0.1, -0.05) is 6.92 Å². The number of carbonyl (C=O) groups excluding carboxylic acids is 1. The fourth-order valence-electron chi connectivity index (χ4n) is 1.60. The third-order valence-corrected chi connectivity index (χ3v) is 2.24. The molecule has 0 atom stereocenters. The van der Waals surface area contributed by atoms with Gasteiger partial charge in [-0.3, -0.25) is 4.79 Å². The number of hydrogen-bond acceptors (Lipinski definition) is 2. The zero-order chi connectivity index (χ0) is 9.90. The summed E-state index contributed by atoms with van der Waals surface area (Å²) in [7, 11) is 0. The zero-order valence-electron chi connectivity index (χ0n) is 8.80. The molecule has 0 N–H and O–H groups in total. The van der Waals surface area contributed by atoms with Crippen molar-refractivity contribution in [1.29, 1.82) is 0 Å². The predicted molar refractivity (Wildman–Crippen MR) is 51.5 cm³/mol. The molecule has 0 aromatic heterocycles. The summed E-state index contributed by atoms with van der Waals surface area (Å²) in [5.41, 5.74) is -0.165. The molecule has 3 nitrogen and oxygen atoms in total. The van der Waals surface area contributed by atoms with E-state index < -0.39 is 0 Å². The summed E-state index contributed by atoms with van der Waals surface area (Å²) >= 11 is 0. The largest absolute Gasteiger partial charge is 0.372 e. The average molecular weight is 185 g/mol. The lowest BCUT2D eigenvalue weighted by Gasteiger charge is -2.38. The maximum atomic E-state index is 11.6. The van der Waals surface area contributed by atoms with Crippen LogP contribution in [0, 0.1) is 0 Å². The fraction of sp³-hybridized carbons (Fsp3) is 0.900. The Morgan fingerprint density at radius 2 is 2.23 bits per heavy atom. The molecule has 13 heavy (non-hydrogen) atoms. The van der Waals surface area contributed by atoms with Gasteiger partial charge >= 0.3 is 0 Å². The van der Waals surface area contributed by atoms with Gasteiger partial charge in [-0.05, 0) is 20.3 Å². The number of ether oxygens (including phenoxy) is 1. The third kappa shape index (κ3) is 2.99. The minimum absolute atomic E-state index is 0.165. The Labute approximate surface area is 80.1 Å². The van der Waals surface area contributed by atoms with Crippen LogP contribution < -0.4 is 0 Å². The SMILES string of the molecule is CCCC(=O)N1CCOC(C)(C)C1. The van der Waals surface area contributed by atoms with Gasteiger partial charge < -0.3 is 9.64 Å². The lowest BCUT2D eigenvalue weighted by molar-refractivity contribution is -0.145. The minimum Gasteiger partial charge on any atom is -0.372 e. The normalized spacial score (nSPS) is 21.6. The minimum atomic E-state index is -0.165. The first kappa shape index (κ1) is 10.5. The van der Waals surface area contributed by atoms with Crippen molar-refractivity contribution >= 4 is 5.91 Å². The number of carbonyl (C=O) groups is 1. The van der Waals surface area contributed by atoms with Crippen LogP contribution in [0.4, 0.5) is 0 Å². The van der Waals surface area contributed by atoms with Crippen LogP contribution in [0.5, 0.6) is 0 Å². The molecule has 3 heteroatoms. The standard InChI is InChI=1S/C10H19NO2/c1-4-5-9(12)11-6-7-13-10(2,3)8-11/h4-8H2,1-3H3. The molecule has 0 radical (unpaired) electrons. The first-order chi connectivity index (χ1) is 6.05. The highest BCUT2D eigenvalue weighted by molar-refractivity contribution is 5.76. The molecule has 0 aromatic carbocycles. The number of nitrogens with zero attached hydrogens (tertiary/aromatic N) is 1. The molecule has 0 saturated carbocycles. The molecule has 0 unspecified atom stereocenters. The number of amides is 1. The van der Waals surface area contributed by atoms with Crippen molar-refractivity contribution in [3.05, 3.63) is 0 Å². The van der Waals surface area contributed by atoms with E-state index in [0.29, 0.717) is 13.0 Å². The highest BCUT2D eigenvalue weighted by atomic mass is 16.5. The van der Waals surface area contributed by atoms with Crippen molar-refractivity contribution in [1.82, 2.24) is 4.90 Å². The van der Waals surface area contributed by atoms with Crippen LogP contribution >= 0.6 is 0 Å². The average Bonchev–Trinajstić information content (AvgIpc) is 2.03. The number of rotatable bonds is 2. The molecule has 0 spiro atoms. The summed E-state index contributed by atoms with van der Waals surface area (Å²) in [6.45, 7) is 8.23. The molecule has 0 aromatic rings. The van der Waals surface area contributed by atoms with Crippen LogP contribution in [0.15, 0.2) is 0 Å². The van der Waals surface area contributed by atoms with E-state index in [1.54, 1.807) is 0 Å². The molecule has 1 fully saturated rings. The van der Waals surface area contributed by atoms with E-state index in [9.17, 15) is 4.79 Å². The van der Waals surface area contributed by atoms with Gasteiger partial charge in [0.2, 0.25) is 5.91 Å². The van der Waals surface area contributed by atoms with Gasteiger partial charge in [-0.15, -0.1) is 0 Å². The first-order valence-corrected chi connectivity index (χ1v) is 4.97. The van der Waals surface area contributed by atoms with E-state index in [-0.39, 0.29) is 11.5 Å². The van der Waals surface area contributed by atoms with Crippen molar-refractivity contribution in [3.63, 3.8) is 0 Å². The molecule has 1 heterocycles. The maximum absolute atomic E-state index is 11.6. The van der Waals surface area contributed by atoms with Crippen molar-refractivity contribution < 1.29 is 9.53 Å². The van der Waals surface area contributed by atoms with Crippen LogP contribution in [0.1, 0.15) is 33.6 Å². The van der Waals surface area contributed by atoms with E-state index >= 15 is 0 Å². The molecule has 1 rings (SSSR count). The van der Waals surface area contributed by atoms with Gasteiger partial charge in [0.1, 0.15) is 0 Å². The summed E-state index contributed by atoms with van der Waals surface area (Å²) in [6.07, 6.45) is 1.59. The quantitative estimate of drug-likeness (QED) is 0.651. The summed E-state index contributed by atoms with van der Waals surface area (Å²) in [5.74, 6) is 0.263. The molecule has 1 aliphatic heterocycles. The lowest BCUT2D eigenvalue weighted by Crippen LogP contribution is -2.50. The number of hydrogen-bond donors (Lipinski definition) is 0. The Balaban J connectivity index is 2.47. The monoisotopic (exact) mass is 185 g/mol. The van der Waals surface area contributed by atoms with Crippen LogP contribution in [0.25, 0.3) is 0 Å². The molecule has 76 valence electrons. The zero-order valence-corrected chi connectivity index (χ0v) is 8.80. The van der Waals surface area contributed by atoms with Gasteiger partial charge in [-0.25, -0.2) is 0 Å². The molecule has 1 aliphatic rings. The topological polar surface area (TPSA) is 29.5 Å². The molecular formula is C10H19NO2. The highest BCUT2D eigenvalue weighted by Gasteiger charge is 2.29. The Morgan fingerprint density at radius 1 is 1.54 bits per heavy atom. The molecular weight excluding hydrogens is 166 g/mol. The van der Waals surface area contributed by atoms with Crippen LogP contribution in [-0.4, -0.2) is 36.1 Å². The second-order valence-corrected chi connectivity index (χ2v) is 4.17. The first-order valence-electron chi connectivity index (χ1n) is 4.97. The molecule has 1 saturated heterocycles. The highest BCUT2D eigenvalue weighted by Crippen LogP contribution is 2.17. The van der Waals surface area contributed by atoms with E-state index in [2.05, 4.69) is 0 Å². The molecule has 0 bridgehead atoms. The fourth-order valence-corrected chi connectivity index (χ4v) is 1.60. The van der Waals surface area contributed by atoms with Gasteiger partial charge in [0, 0.05) is 19.5 Å². The summed E-state index contributed by atoms with van der Waals surface area (Å²) in [6, 6.07) is 0. The van der Waals surface area contributed by atoms with Crippen molar-refractivity contribution in [2.24, 2.45) is 0 Å². The summed E-state index contributed by atoms with van der Waals surface area (Å²) < 4.78 is 5.53. The Kier molecular flexibility index (Phi) is 3.31. The van der Waals surface area contributed by atoms with Gasteiger partial charge in [0.15, 0.2) is 0 Å². The molecule has 0 aliphatic carbocycles. The van der Waals surface area contributed by atoms with Crippen molar-refractivity contribution in [2.45, 2.75) is 39.2 Å². The lowest BCUT2D eigenvalue weighted by atomic mass is 10.1. The Bertz CT molecular complexity index is 189.